The van der Waals surface area contributed by atoms with E-state index in [1.54, 1.807) is 16.9 Å². The van der Waals surface area contributed by atoms with Gasteiger partial charge < -0.3 is 10.1 Å². The minimum absolute atomic E-state index is 0.186. The Balaban J connectivity index is 1.39. The summed E-state index contributed by atoms with van der Waals surface area (Å²) in [5.41, 5.74) is 1.96. The highest BCUT2D eigenvalue weighted by molar-refractivity contribution is 5.94. The quantitative estimate of drug-likeness (QED) is 0.800. The number of nitrogens with one attached hydrogen (secondary N) is 1. The number of nitrogens with zero attached hydrogens (tertiary/aromatic N) is 3. The summed E-state index contributed by atoms with van der Waals surface area (Å²) in [6.45, 7) is 0.558. The van der Waals surface area contributed by atoms with Crippen molar-refractivity contribution < 1.29 is 9.53 Å². The van der Waals surface area contributed by atoms with Crippen LogP contribution in [0.25, 0.3) is 0 Å². The molecule has 120 valence electrons. The smallest absolute Gasteiger partial charge is 0.266 e. The van der Waals surface area contributed by atoms with Gasteiger partial charge in [0.05, 0.1) is 12.2 Å². The van der Waals surface area contributed by atoms with Gasteiger partial charge in [0.1, 0.15) is 5.75 Å². The highest BCUT2D eigenvalue weighted by Crippen LogP contribution is 2.28. The molecule has 0 saturated heterocycles. The molecule has 0 aliphatic carbocycles. The Kier molecular flexibility index (Phi) is 3.70. The fourth-order valence-corrected chi connectivity index (χ4v) is 2.71. The van der Waals surface area contributed by atoms with Crippen LogP contribution in [-0.2, 0) is 17.8 Å². The zero-order valence-corrected chi connectivity index (χ0v) is 12.9. The van der Waals surface area contributed by atoms with Crippen LogP contribution >= 0.6 is 0 Å². The van der Waals surface area contributed by atoms with Gasteiger partial charge in [-0.3, -0.25) is 14.5 Å². The molecule has 1 atom stereocenters. The zero-order chi connectivity index (χ0) is 16.4. The molecule has 1 aliphatic heterocycles. The molecule has 3 aromatic rings. The van der Waals surface area contributed by atoms with Crippen molar-refractivity contribution in [2.75, 3.05) is 5.32 Å². The molecule has 4 rings (SSSR count). The second-order valence-corrected chi connectivity index (χ2v) is 5.63. The molecule has 1 aromatic carbocycles. The number of amides is 1. The average Bonchev–Trinajstić information content (AvgIpc) is 3.22. The van der Waals surface area contributed by atoms with Gasteiger partial charge in [-0.05, 0) is 23.8 Å². The Bertz CT molecular complexity index is 835. The minimum atomic E-state index is -0.511. The molecule has 3 heterocycles. The van der Waals surface area contributed by atoms with Crippen molar-refractivity contribution in [3.05, 3.63) is 72.2 Å². The van der Waals surface area contributed by atoms with E-state index < -0.39 is 6.10 Å². The molecule has 2 aromatic heterocycles. The number of anilines is 1. The van der Waals surface area contributed by atoms with Crippen LogP contribution in [0.4, 0.5) is 5.82 Å². The van der Waals surface area contributed by atoms with Gasteiger partial charge in [0.25, 0.3) is 5.91 Å². The fraction of sp³-hybridized carbons (Fsp3) is 0.167. The Morgan fingerprint density at radius 3 is 2.92 bits per heavy atom. The maximum Gasteiger partial charge on any atom is 0.266 e. The van der Waals surface area contributed by atoms with Gasteiger partial charge in [0, 0.05) is 24.9 Å². The zero-order valence-electron chi connectivity index (χ0n) is 12.9. The van der Waals surface area contributed by atoms with Crippen molar-refractivity contribution >= 4 is 11.7 Å². The number of benzene rings is 1. The Labute approximate surface area is 139 Å². The summed E-state index contributed by atoms with van der Waals surface area (Å²) in [5, 5.41) is 7.16. The molecule has 1 unspecified atom stereocenters. The van der Waals surface area contributed by atoms with E-state index in [2.05, 4.69) is 15.4 Å². The molecule has 6 nitrogen and oxygen atoms in total. The molecule has 24 heavy (non-hydrogen) atoms. The topological polar surface area (TPSA) is 69.0 Å². The van der Waals surface area contributed by atoms with Gasteiger partial charge in [-0.25, -0.2) is 0 Å². The number of pyridine rings is 1. The molecular formula is C18H16N4O2. The lowest BCUT2D eigenvalue weighted by atomic mass is 10.1. The van der Waals surface area contributed by atoms with E-state index in [0.29, 0.717) is 18.8 Å². The number of para-hydroxylation sites is 1. The summed E-state index contributed by atoms with van der Waals surface area (Å²) in [7, 11) is 0. The lowest BCUT2D eigenvalue weighted by Gasteiger charge is -2.09. The number of rotatable bonds is 4. The molecule has 0 fully saturated rings. The van der Waals surface area contributed by atoms with Gasteiger partial charge in [0.15, 0.2) is 11.9 Å². The normalized spacial score (nSPS) is 15.6. The number of hydrogen-bond donors (Lipinski definition) is 1. The molecule has 1 amide bonds. The first-order chi connectivity index (χ1) is 11.8. The highest BCUT2D eigenvalue weighted by Gasteiger charge is 2.29. The summed E-state index contributed by atoms with van der Waals surface area (Å²) in [4.78, 5) is 16.6. The van der Waals surface area contributed by atoms with Crippen LogP contribution in [0.2, 0.25) is 0 Å². The molecular weight excluding hydrogens is 304 g/mol. The van der Waals surface area contributed by atoms with E-state index in [-0.39, 0.29) is 5.91 Å². The average molecular weight is 320 g/mol. The van der Waals surface area contributed by atoms with Gasteiger partial charge in [-0.2, -0.15) is 5.10 Å². The Morgan fingerprint density at radius 2 is 2.08 bits per heavy atom. The van der Waals surface area contributed by atoms with Gasteiger partial charge in [0.2, 0.25) is 0 Å². The summed E-state index contributed by atoms with van der Waals surface area (Å²) in [5.74, 6) is 1.10. The molecule has 0 bridgehead atoms. The van der Waals surface area contributed by atoms with Crippen molar-refractivity contribution in [3.8, 4) is 5.75 Å². The molecule has 1 N–H and O–H groups in total. The number of carbonyl (C=O) groups excluding carboxylic acids is 1. The largest absolute Gasteiger partial charge is 0.480 e. The monoisotopic (exact) mass is 320 g/mol. The van der Waals surface area contributed by atoms with Gasteiger partial charge in [-0.15, -0.1) is 0 Å². The number of aromatic nitrogens is 3. The first-order valence-corrected chi connectivity index (χ1v) is 7.77. The first-order valence-electron chi connectivity index (χ1n) is 7.77. The fourth-order valence-electron chi connectivity index (χ4n) is 2.71. The van der Waals surface area contributed by atoms with Crippen LogP contribution in [0.1, 0.15) is 11.3 Å². The van der Waals surface area contributed by atoms with E-state index in [1.165, 1.54) is 0 Å². The van der Waals surface area contributed by atoms with Crippen LogP contribution in [0.3, 0.4) is 0 Å². The van der Waals surface area contributed by atoms with E-state index in [1.807, 2.05) is 48.7 Å². The predicted molar refractivity (Wildman–Crippen MR) is 88.8 cm³/mol. The summed E-state index contributed by atoms with van der Waals surface area (Å²) in [6, 6.07) is 15.2. The van der Waals surface area contributed by atoms with Crippen molar-refractivity contribution in [2.45, 2.75) is 19.1 Å². The molecule has 1 aliphatic rings. The SMILES string of the molecule is O=C(Nc1ccn(Cc2ccccn2)n1)C1Cc2ccccc2O1. The van der Waals surface area contributed by atoms with Crippen LogP contribution in [0.5, 0.6) is 5.75 Å². The van der Waals surface area contributed by atoms with Crippen molar-refractivity contribution in [3.63, 3.8) is 0 Å². The summed E-state index contributed by atoms with van der Waals surface area (Å²) < 4.78 is 7.43. The molecule has 0 radical (unpaired) electrons. The molecule has 0 saturated carbocycles. The maximum absolute atomic E-state index is 12.4. The third kappa shape index (κ3) is 2.99. The third-order valence-corrected chi connectivity index (χ3v) is 3.88. The van der Waals surface area contributed by atoms with E-state index >= 15 is 0 Å². The van der Waals surface area contributed by atoms with Gasteiger partial charge >= 0.3 is 0 Å². The second-order valence-electron chi connectivity index (χ2n) is 5.63. The summed E-state index contributed by atoms with van der Waals surface area (Å²) in [6.07, 6.45) is 3.63. The van der Waals surface area contributed by atoms with E-state index in [9.17, 15) is 4.79 Å². The third-order valence-electron chi connectivity index (χ3n) is 3.88. The lowest BCUT2D eigenvalue weighted by molar-refractivity contribution is -0.122. The summed E-state index contributed by atoms with van der Waals surface area (Å²) >= 11 is 0. The molecule has 0 spiro atoms. The number of hydrogen-bond acceptors (Lipinski definition) is 4. The van der Waals surface area contributed by atoms with Gasteiger partial charge in [-0.1, -0.05) is 24.3 Å². The number of carbonyl (C=O) groups is 1. The maximum atomic E-state index is 12.4. The van der Waals surface area contributed by atoms with Crippen LogP contribution in [-0.4, -0.2) is 26.8 Å². The molecule has 6 heteroatoms. The Hall–Kier alpha value is -3.15. The van der Waals surface area contributed by atoms with Crippen LogP contribution in [0.15, 0.2) is 60.9 Å². The van der Waals surface area contributed by atoms with Crippen LogP contribution in [0, 0.1) is 0 Å². The predicted octanol–water partition coefficient (Wildman–Crippen LogP) is 2.27. The lowest BCUT2D eigenvalue weighted by Crippen LogP contribution is -2.31. The number of ether oxygens (including phenoxy) is 1. The first kappa shape index (κ1) is 14.4. The van der Waals surface area contributed by atoms with Crippen LogP contribution < -0.4 is 10.1 Å². The van der Waals surface area contributed by atoms with Crippen molar-refractivity contribution in [1.82, 2.24) is 14.8 Å². The Morgan fingerprint density at radius 1 is 1.21 bits per heavy atom. The highest BCUT2D eigenvalue weighted by atomic mass is 16.5. The van der Waals surface area contributed by atoms with E-state index in [0.717, 1.165) is 17.0 Å². The standard InChI is InChI=1S/C18H16N4O2/c23-18(16-11-13-5-1-2-7-15(13)24-16)20-17-8-10-22(21-17)12-14-6-3-4-9-19-14/h1-10,16H,11-12H2,(H,20,21,23). The van der Waals surface area contributed by atoms with E-state index in [4.69, 9.17) is 4.74 Å². The van der Waals surface area contributed by atoms with Crippen molar-refractivity contribution in [1.29, 1.82) is 0 Å². The second kappa shape index (κ2) is 6.16. The number of fused-ring (bicyclic) bond motifs is 1. The van der Waals surface area contributed by atoms with Crippen molar-refractivity contribution in [2.24, 2.45) is 0 Å². The minimum Gasteiger partial charge on any atom is -0.480 e.